The third-order valence-corrected chi connectivity index (χ3v) is 2.46. The Bertz CT molecular complexity index is 190. The predicted molar refractivity (Wildman–Crippen MR) is 38.7 cm³/mol. The second-order valence-corrected chi connectivity index (χ2v) is 3.20. The van der Waals surface area contributed by atoms with Crippen molar-refractivity contribution in [2.75, 3.05) is 6.54 Å². The van der Waals surface area contributed by atoms with E-state index in [1.165, 1.54) is 0 Å². The summed E-state index contributed by atoms with van der Waals surface area (Å²) in [6, 6.07) is 0. The van der Waals surface area contributed by atoms with Crippen molar-refractivity contribution >= 4 is 5.71 Å². The van der Waals surface area contributed by atoms with Gasteiger partial charge in [-0.15, -0.1) is 0 Å². The average Bonchev–Trinajstić information content (AvgIpc) is 2.35. The van der Waals surface area contributed by atoms with Gasteiger partial charge in [-0.3, -0.25) is 5.32 Å². The van der Waals surface area contributed by atoms with Crippen LogP contribution in [0.15, 0.2) is 5.16 Å². The van der Waals surface area contributed by atoms with Gasteiger partial charge in [-0.05, 0) is 26.8 Å². The molecule has 1 N–H and O–H groups in total. The lowest BCUT2D eigenvalue weighted by atomic mass is 9.95. The molecule has 0 aromatic heterocycles. The molecule has 2 heterocycles. The predicted octanol–water partition coefficient (Wildman–Crippen LogP) is 0.718. The Labute approximate surface area is 60.4 Å². The molecule has 10 heavy (non-hydrogen) atoms. The van der Waals surface area contributed by atoms with Gasteiger partial charge in [0.1, 0.15) is 0 Å². The van der Waals surface area contributed by atoms with Crippen LogP contribution >= 0.6 is 0 Å². The topological polar surface area (TPSA) is 33.6 Å². The molecule has 3 heteroatoms. The van der Waals surface area contributed by atoms with Gasteiger partial charge >= 0.3 is 0 Å². The Kier molecular flexibility index (Phi) is 1.06. The van der Waals surface area contributed by atoms with Crippen LogP contribution in [0.1, 0.15) is 20.3 Å². The van der Waals surface area contributed by atoms with Gasteiger partial charge in [0.25, 0.3) is 0 Å². The minimum absolute atomic E-state index is 0.177. The SMILES string of the molecule is CC1=NOC2(C)NCCC12. The normalized spacial score (nSPS) is 44.6. The summed E-state index contributed by atoms with van der Waals surface area (Å²) in [6.07, 6.45) is 1.16. The highest BCUT2D eigenvalue weighted by Crippen LogP contribution is 2.33. The van der Waals surface area contributed by atoms with E-state index in [1.54, 1.807) is 0 Å². The summed E-state index contributed by atoms with van der Waals surface area (Å²) in [7, 11) is 0. The molecule has 2 aliphatic rings. The zero-order valence-corrected chi connectivity index (χ0v) is 6.35. The van der Waals surface area contributed by atoms with E-state index in [0.29, 0.717) is 5.92 Å². The fourth-order valence-electron chi connectivity index (χ4n) is 1.80. The smallest absolute Gasteiger partial charge is 0.194 e. The number of hydrogen-bond acceptors (Lipinski definition) is 3. The summed E-state index contributed by atoms with van der Waals surface area (Å²) in [4.78, 5) is 5.25. The van der Waals surface area contributed by atoms with E-state index in [4.69, 9.17) is 4.84 Å². The first-order valence-corrected chi connectivity index (χ1v) is 3.70. The highest BCUT2D eigenvalue weighted by atomic mass is 16.7. The Balaban J connectivity index is 2.27. The quantitative estimate of drug-likeness (QED) is 0.538. The van der Waals surface area contributed by atoms with Crippen LogP contribution in [0, 0.1) is 5.92 Å². The van der Waals surface area contributed by atoms with Crippen LogP contribution in [0.2, 0.25) is 0 Å². The van der Waals surface area contributed by atoms with E-state index in [2.05, 4.69) is 17.4 Å². The fraction of sp³-hybridized carbons (Fsp3) is 0.857. The summed E-state index contributed by atoms with van der Waals surface area (Å²) < 4.78 is 0. The first-order valence-electron chi connectivity index (χ1n) is 3.70. The van der Waals surface area contributed by atoms with Crippen LogP contribution < -0.4 is 5.32 Å². The fourth-order valence-corrected chi connectivity index (χ4v) is 1.80. The molecular weight excluding hydrogens is 128 g/mol. The zero-order chi connectivity index (χ0) is 7.19. The van der Waals surface area contributed by atoms with Crippen molar-refractivity contribution in [3.63, 3.8) is 0 Å². The highest BCUT2D eigenvalue weighted by molar-refractivity contribution is 5.86. The zero-order valence-electron chi connectivity index (χ0n) is 6.35. The number of nitrogens with zero attached hydrogens (tertiary/aromatic N) is 1. The van der Waals surface area contributed by atoms with Gasteiger partial charge in [0.05, 0.1) is 11.6 Å². The number of oxime groups is 1. The maximum absolute atomic E-state index is 5.25. The van der Waals surface area contributed by atoms with E-state index < -0.39 is 0 Å². The third-order valence-electron chi connectivity index (χ3n) is 2.46. The van der Waals surface area contributed by atoms with Gasteiger partial charge < -0.3 is 4.84 Å². The summed E-state index contributed by atoms with van der Waals surface area (Å²) in [6.45, 7) is 5.14. The lowest BCUT2D eigenvalue weighted by molar-refractivity contribution is -0.0343. The van der Waals surface area contributed by atoms with E-state index in [9.17, 15) is 0 Å². The van der Waals surface area contributed by atoms with Gasteiger partial charge in [0.2, 0.25) is 0 Å². The number of rotatable bonds is 0. The molecule has 2 unspecified atom stereocenters. The number of nitrogens with one attached hydrogen (secondary N) is 1. The van der Waals surface area contributed by atoms with Gasteiger partial charge in [-0.2, -0.15) is 0 Å². The lowest BCUT2D eigenvalue weighted by Gasteiger charge is -2.20. The van der Waals surface area contributed by atoms with Crippen molar-refractivity contribution < 1.29 is 4.84 Å². The molecule has 0 spiro atoms. The molecule has 1 saturated heterocycles. The average molecular weight is 140 g/mol. The largest absolute Gasteiger partial charge is 0.373 e. The minimum Gasteiger partial charge on any atom is -0.373 e. The van der Waals surface area contributed by atoms with Crippen LogP contribution in [0.4, 0.5) is 0 Å². The molecule has 2 rings (SSSR count). The minimum atomic E-state index is -0.177. The van der Waals surface area contributed by atoms with Crippen molar-refractivity contribution in [1.82, 2.24) is 5.32 Å². The lowest BCUT2D eigenvalue weighted by Crippen LogP contribution is -2.41. The van der Waals surface area contributed by atoms with Crippen LogP contribution in [0.5, 0.6) is 0 Å². The molecule has 0 radical (unpaired) electrons. The molecule has 0 bridgehead atoms. The molecule has 3 nitrogen and oxygen atoms in total. The van der Waals surface area contributed by atoms with Crippen molar-refractivity contribution in [1.29, 1.82) is 0 Å². The molecule has 2 atom stereocenters. The van der Waals surface area contributed by atoms with Crippen LogP contribution in [0.25, 0.3) is 0 Å². The second kappa shape index (κ2) is 1.72. The molecule has 0 aromatic carbocycles. The molecule has 2 aliphatic heterocycles. The third kappa shape index (κ3) is 0.611. The molecule has 0 aromatic rings. The molecular formula is C7H12N2O. The van der Waals surface area contributed by atoms with Crippen LogP contribution in [0.3, 0.4) is 0 Å². The van der Waals surface area contributed by atoms with Crippen molar-refractivity contribution in [2.24, 2.45) is 11.1 Å². The molecule has 0 aliphatic carbocycles. The Morgan fingerprint density at radius 3 is 3.30 bits per heavy atom. The Morgan fingerprint density at radius 1 is 1.80 bits per heavy atom. The first kappa shape index (κ1) is 6.16. The van der Waals surface area contributed by atoms with Crippen molar-refractivity contribution in [3.05, 3.63) is 0 Å². The maximum atomic E-state index is 5.25. The van der Waals surface area contributed by atoms with E-state index in [-0.39, 0.29) is 5.72 Å². The molecule has 0 amide bonds. The summed E-state index contributed by atoms with van der Waals surface area (Å²) >= 11 is 0. The van der Waals surface area contributed by atoms with E-state index in [1.807, 2.05) is 6.92 Å². The second-order valence-electron chi connectivity index (χ2n) is 3.20. The van der Waals surface area contributed by atoms with E-state index in [0.717, 1.165) is 18.7 Å². The van der Waals surface area contributed by atoms with Gasteiger partial charge in [0, 0.05) is 0 Å². The van der Waals surface area contributed by atoms with Crippen LogP contribution in [-0.4, -0.2) is 18.0 Å². The van der Waals surface area contributed by atoms with Crippen molar-refractivity contribution in [2.45, 2.75) is 26.0 Å². The van der Waals surface area contributed by atoms with E-state index >= 15 is 0 Å². The maximum Gasteiger partial charge on any atom is 0.194 e. The summed E-state index contributed by atoms with van der Waals surface area (Å²) in [5.74, 6) is 0.507. The van der Waals surface area contributed by atoms with Crippen molar-refractivity contribution in [3.8, 4) is 0 Å². The number of hydrogen-bond donors (Lipinski definition) is 1. The summed E-state index contributed by atoms with van der Waals surface area (Å²) in [5.41, 5.74) is 0.955. The molecule has 1 fully saturated rings. The van der Waals surface area contributed by atoms with Gasteiger partial charge in [0.15, 0.2) is 5.72 Å². The Morgan fingerprint density at radius 2 is 2.60 bits per heavy atom. The monoisotopic (exact) mass is 140 g/mol. The standard InChI is InChI=1S/C7H12N2O/c1-5-6-3-4-8-7(6,2)10-9-5/h6,8H,3-4H2,1-2H3. The first-order chi connectivity index (χ1) is 4.72. The highest BCUT2D eigenvalue weighted by Gasteiger charge is 2.46. The van der Waals surface area contributed by atoms with Crippen LogP contribution in [-0.2, 0) is 4.84 Å². The Hall–Kier alpha value is -0.570. The van der Waals surface area contributed by atoms with Gasteiger partial charge in [-0.25, -0.2) is 0 Å². The summed E-state index contributed by atoms with van der Waals surface area (Å²) in [5, 5.41) is 7.24. The molecule has 0 saturated carbocycles. The van der Waals surface area contributed by atoms with Gasteiger partial charge in [-0.1, -0.05) is 5.16 Å². The number of fused-ring (bicyclic) bond motifs is 1. The molecule has 56 valence electrons.